The maximum atomic E-state index is 3.43. The molecule has 0 aliphatic heterocycles. The molecule has 0 radical (unpaired) electrons. The largest absolute Gasteiger partial charge is 0.317 e. The van der Waals surface area contributed by atoms with Crippen LogP contribution in [0.5, 0.6) is 0 Å². The van der Waals surface area contributed by atoms with Gasteiger partial charge >= 0.3 is 0 Å². The van der Waals surface area contributed by atoms with Gasteiger partial charge in [-0.1, -0.05) is 37.6 Å². The van der Waals surface area contributed by atoms with Crippen molar-refractivity contribution in [2.75, 3.05) is 7.05 Å². The molecule has 2 atom stereocenters. The van der Waals surface area contributed by atoms with Crippen molar-refractivity contribution in [2.45, 2.75) is 51.0 Å². The molecule has 1 aromatic rings. The van der Waals surface area contributed by atoms with Crippen molar-refractivity contribution in [3.05, 3.63) is 35.4 Å². The second-order valence-corrected chi connectivity index (χ2v) is 4.94. The zero-order valence-corrected chi connectivity index (χ0v) is 10.5. The van der Waals surface area contributed by atoms with Gasteiger partial charge in [0.25, 0.3) is 0 Å². The van der Waals surface area contributed by atoms with E-state index in [4.69, 9.17) is 0 Å². The third-order valence-electron chi connectivity index (χ3n) is 3.94. The summed E-state index contributed by atoms with van der Waals surface area (Å²) >= 11 is 0. The molecule has 0 bridgehead atoms. The summed E-state index contributed by atoms with van der Waals surface area (Å²) in [6.07, 6.45) is 6.53. The molecular weight excluding hydrogens is 194 g/mol. The maximum Gasteiger partial charge on any atom is 0.00698 e. The van der Waals surface area contributed by atoms with E-state index in [1.165, 1.54) is 36.8 Å². The van der Waals surface area contributed by atoms with E-state index in [0.29, 0.717) is 0 Å². The predicted molar refractivity (Wildman–Crippen MR) is 69.9 cm³/mol. The van der Waals surface area contributed by atoms with E-state index in [-0.39, 0.29) is 0 Å². The average Bonchev–Trinajstić information content (AvgIpc) is 2.39. The Balaban J connectivity index is 2.05. The Morgan fingerprint density at radius 3 is 2.56 bits per heavy atom. The van der Waals surface area contributed by atoms with Gasteiger partial charge in [-0.2, -0.15) is 0 Å². The summed E-state index contributed by atoms with van der Waals surface area (Å²) in [6.45, 7) is 2.21. The van der Waals surface area contributed by atoms with Crippen molar-refractivity contribution in [1.29, 1.82) is 0 Å². The van der Waals surface area contributed by atoms with Gasteiger partial charge < -0.3 is 5.32 Å². The molecule has 0 amide bonds. The SMILES string of the molecule is CCc1ccc(C2CCCC(NC)C2)cc1. The molecule has 1 N–H and O–H groups in total. The standard InChI is InChI=1S/C15H23N/c1-3-12-7-9-13(10-8-12)14-5-4-6-15(11-14)16-2/h7-10,14-16H,3-6,11H2,1-2H3. The molecule has 1 fully saturated rings. The summed E-state index contributed by atoms with van der Waals surface area (Å²) in [5.74, 6) is 0.775. The Bertz CT molecular complexity index is 315. The summed E-state index contributed by atoms with van der Waals surface area (Å²) in [7, 11) is 2.09. The van der Waals surface area contributed by atoms with E-state index in [2.05, 4.69) is 43.6 Å². The van der Waals surface area contributed by atoms with Crippen molar-refractivity contribution in [2.24, 2.45) is 0 Å². The first-order valence-electron chi connectivity index (χ1n) is 6.59. The quantitative estimate of drug-likeness (QED) is 0.817. The summed E-state index contributed by atoms with van der Waals surface area (Å²) in [4.78, 5) is 0. The Morgan fingerprint density at radius 1 is 1.19 bits per heavy atom. The van der Waals surface area contributed by atoms with Crippen molar-refractivity contribution < 1.29 is 0 Å². The van der Waals surface area contributed by atoms with Crippen LogP contribution in [0.4, 0.5) is 0 Å². The number of hydrogen-bond donors (Lipinski definition) is 1. The molecule has 0 spiro atoms. The van der Waals surface area contributed by atoms with E-state index in [1.807, 2.05) is 0 Å². The first kappa shape index (κ1) is 11.7. The first-order valence-corrected chi connectivity index (χ1v) is 6.59. The molecule has 0 heterocycles. The van der Waals surface area contributed by atoms with Gasteiger partial charge in [-0.15, -0.1) is 0 Å². The van der Waals surface area contributed by atoms with Crippen LogP contribution in [-0.4, -0.2) is 13.1 Å². The zero-order chi connectivity index (χ0) is 11.4. The fourth-order valence-electron chi connectivity index (χ4n) is 2.78. The van der Waals surface area contributed by atoms with Gasteiger partial charge in [0.1, 0.15) is 0 Å². The smallest absolute Gasteiger partial charge is 0.00698 e. The van der Waals surface area contributed by atoms with Crippen molar-refractivity contribution in [3.8, 4) is 0 Å². The third-order valence-corrected chi connectivity index (χ3v) is 3.94. The normalized spacial score (nSPS) is 25.6. The highest BCUT2D eigenvalue weighted by Gasteiger charge is 2.21. The van der Waals surface area contributed by atoms with Gasteiger partial charge in [0.05, 0.1) is 0 Å². The highest BCUT2D eigenvalue weighted by molar-refractivity contribution is 5.26. The molecule has 2 unspecified atom stereocenters. The van der Waals surface area contributed by atoms with Crippen LogP contribution in [0.15, 0.2) is 24.3 Å². The fraction of sp³-hybridized carbons (Fsp3) is 0.600. The van der Waals surface area contributed by atoms with Gasteiger partial charge in [-0.3, -0.25) is 0 Å². The Kier molecular flexibility index (Phi) is 4.00. The van der Waals surface area contributed by atoms with Crippen LogP contribution in [0.1, 0.15) is 49.7 Å². The predicted octanol–water partition coefficient (Wildman–Crippen LogP) is 3.49. The van der Waals surface area contributed by atoms with E-state index in [9.17, 15) is 0 Å². The van der Waals surface area contributed by atoms with E-state index in [0.717, 1.165) is 18.4 Å². The van der Waals surface area contributed by atoms with Gasteiger partial charge in [-0.25, -0.2) is 0 Å². The van der Waals surface area contributed by atoms with Crippen molar-refractivity contribution >= 4 is 0 Å². The molecule has 1 saturated carbocycles. The van der Waals surface area contributed by atoms with Crippen LogP contribution in [0.3, 0.4) is 0 Å². The van der Waals surface area contributed by atoms with E-state index >= 15 is 0 Å². The molecule has 1 heteroatoms. The van der Waals surface area contributed by atoms with Crippen LogP contribution in [0, 0.1) is 0 Å². The minimum atomic E-state index is 0.726. The number of hydrogen-bond acceptors (Lipinski definition) is 1. The molecule has 88 valence electrons. The zero-order valence-electron chi connectivity index (χ0n) is 10.5. The summed E-state index contributed by atoms with van der Waals surface area (Å²) in [6, 6.07) is 9.98. The lowest BCUT2D eigenvalue weighted by Crippen LogP contribution is -2.30. The van der Waals surface area contributed by atoms with Crippen LogP contribution in [-0.2, 0) is 6.42 Å². The van der Waals surface area contributed by atoms with Crippen LogP contribution in [0.25, 0.3) is 0 Å². The highest BCUT2D eigenvalue weighted by atomic mass is 14.9. The molecule has 1 aromatic carbocycles. The van der Waals surface area contributed by atoms with Crippen LogP contribution >= 0.6 is 0 Å². The van der Waals surface area contributed by atoms with Crippen molar-refractivity contribution in [3.63, 3.8) is 0 Å². The summed E-state index contributed by atoms with van der Waals surface area (Å²) in [5, 5.41) is 3.43. The number of benzene rings is 1. The molecule has 1 aliphatic rings. The third kappa shape index (κ3) is 2.65. The second-order valence-electron chi connectivity index (χ2n) is 4.94. The Morgan fingerprint density at radius 2 is 1.94 bits per heavy atom. The summed E-state index contributed by atoms with van der Waals surface area (Å²) < 4.78 is 0. The van der Waals surface area contributed by atoms with Crippen LogP contribution < -0.4 is 5.32 Å². The Labute approximate surface area is 99.3 Å². The van der Waals surface area contributed by atoms with E-state index < -0.39 is 0 Å². The molecule has 16 heavy (non-hydrogen) atoms. The first-order chi connectivity index (χ1) is 7.83. The lowest BCUT2D eigenvalue weighted by atomic mass is 9.81. The van der Waals surface area contributed by atoms with Gasteiger partial charge in [0, 0.05) is 6.04 Å². The number of nitrogens with one attached hydrogen (secondary N) is 1. The molecule has 1 aliphatic carbocycles. The van der Waals surface area contributed by atoms with E-state index in [1.54, 1.807) is 0 Å². The topological polar surface area (TPSA) is 12.0 Å². The van der Waals surface area contributed by atoms with Gasteiger partial charge in [0.2, 0.25) is 0 Å². The number of rotatable bonds is 3. The summed E-state index contributed by atoms with van der Waals surface area (Å²) in [5.41, 5.74) is 2.99. The average molecular weight is 217 g/mol. The fourth-order valence-corrected chi connectivity index (χ4v) is 2.78. The second kappa shape index (κ2) is 5.49. The molecule has 0 aromatic heterocycles. The van der Waals surface area contributed by atoms with Crippen molar-refractivity contribution in [1.82, 2.24) is 5.32 Å². The highest BCUT2D eigenvalue weighted by Crippen LogP contribution is 2.32. The molecule has 1 nitrogen and oxygen atoms in total. The lowest BCUT2D eigenvalue weighted by Gasteiger charge is -2.29. The molecule has 2 rings (SSSR count). The van der Waals surface area contributed by atoms with Gasteiger partial charge in [0.15, 0.2) is 0 Å². The lowest BCUT2D eigenvalue weighted by molar-refractivity contribution is 0.355. The monoisotopic (exact) mass is 217 g/mol. The van der Waals surface area contributed by atoms with Crippen LogP contribution in [0.2, 0.25) is 0 Å². The molecular formula is C15H23N. The number of aryl methyl sites for hydroxylation is 1. The van der Waals surface area contributed by atoms with Gasteiger partial charge in [-0.05, 0) is 49.8 Å². The minimum absolute atomic E-state index is 0.726. The molecule has 0 saturated heterocycles. The Hall–Kier alpha value is -0.820. The maximum absolute atomic E-state index is 3.43. The minimum Gasteiger partial charge on any atom is -0.317 e.